The maximum absolute atomic E-state index is 12.8. The molecule has 1 saturated heterocycles. The number of carbonyl (C=O) groups excluding carboxylic acids is 1. The quantitative estimate of drug-likeness (QED) is 0.350. The molecule has 0 saturated carbocycles. The Kier molecular flexibility index (Phi) is 6.26. The zero-order valence-electron chi connectivity index (χ0n) is 17.4. The number of nitrogen functional groups attached to an aromatic ring is 1. The molecule has 0 atom stereocenters. The number of nitrogens with one attached hydrogen (secondary N) is 1. The van der Waals surface area contributed by atoms with Crippen molar-refractivity contribution in [3.05, 3.63) is 35.2 Å². The molecule has 1 aliphatic heterocycles. The lowest BCUT2D eigenvalue weighted by atomic mass is 10.1. The number of amides is 1. The average Bonchev–Trinajstić information content (AvgIpc) is 3.41. The number of hydrazone groups is 1. The molecular weight excluding hydrogens is 418 g/mol. The number of phenols is 1. The van der Waals surface area contributed by atoms with E-state index in [1.807, 2.05) is 0 Å². The molecule has 4 N–H and O–H groups in total. The number of likely N-dealkylation sites (tertiary alicyclic amines) is 1. The minimum absolute atomic E-state index is 0.0354. The van der Waals surface area contributed by atoms with E-state index >= 15 is 0 Å². The Labute approximate surface area is 182 Å². The maximum Gasteiger partial charge on any atom is 0.293 e. The van der Waals surface area contributed by atoms with Gasteiger partial charge in [0, 0.05) is 12.1 Å². The summed E-state index contributed by atoms with van der Waals surface area (Å²) in [4.78, 5) is 15.0. The molecule has 0 bridgehead atoms. The van der Waals surface area contributed by atoms with Crippen molar-refractivity contribution in [2.45, 2.75) is 25.8 Å². The van der Waals surface area contributed by atoms with E-state index in [0.717, 1.165) is 25.9 Å². The van der Waals surface area contributed by atoms with E-state index < -0.39 is 5.91 Å². The van der Waals surface area contributed by atoms with Crippen LogP contribution in [0.2, 0.25) is 0 Å². The topological polar surface area (TPSA) is 170 Å². The lowest BCUT2D eigenvalue weighted by Gasteiger charge is -2.26. The first-order chi connectivity index (χ1) is 15.6. The number of anilines is 1. The lowest BCUT2D eigenvalue weighted by Crippen LogP contribution is -2.31. The number of nitrogens with zero attached hydrogens (tertiary/aromatic N) is 7. The van der Waals surface area contributed by atoms with Gasteiger partial charge in [-0.1, -0.05) is 17.7 Å². The van der Waals surface area contributed by atoms with Crippen LogP contribution in [0.5, 0.6) is 11.5 Å². The number of hydrogen-bond acceptors (Lipinski definition) is 11. The normalized spacial score (nSPS) is 14.7. The Hall–Kier alpha value is -4.00. The largest absolute Gasteiger partial charge is 0.504 e. The van der Waals surface area contributed by atoms with Gasteiger partial charge in [0.15, 0.2) is 17.2 Å². The van der Waals surface area contributed by atoms with Crippen molar-refractivity contribution >= 4 is 17.9 Å². The summed E-state index contributed by atoms with van der Waals surface area (Å²) in [7, 11) is 1.45. The van der Waals surface area contributed by atoms with Gasteiger partial charge in [-0.05, 0) is 48.4 Å². The monoisotopic (exact) mass is 441 g/mol. The Morgan fingerprint density at radius 2 is 2.16 bits per heavy atom. The van der Waals surface area contributed by atoms with Gasteiger partial charge in [0.25, 0.3) is 5.91 Å². The van der Waals surface area contributed by atoms with Crippen LogP contribution >= 0.6 is 0 Å². The molecule has 1 amide bonds. The number of nitrogens with two attached hydrogens (primary N) is 1. The van der Waals surface area contributed by atoms with Gasteiger partial charge in [-0.15, -0.1) is 5.10 Å². The second kappa shape index (κ2) is 9.43. The van der Waals surface area contributed by atoms with Crippen molar-refractivity contribution in [2.24, 2.45) is 5.10 Å². The van der Waals surface area contributed by atoms with Crippen molar-refractivity contribution in [3.8, 4) is 17.3 Å². The van der Waals surface area contributed by atoms with Crippen LogP contribution in [0.3, 0.4) is 0 Å². The SMILES string of the molecule is COc1cccc(/C=N\NC(=O)c2nnn(-c3nonc3N)c2CN2CCCCC2)c1O. The molecule has 0 radical (unpaired) electrons. The number of benzene rings is 1. The molecule has 13 heteroatoms. The second-order valence-electron chi connectivity index (χ2n) is 7.20. The predicted octanol–water partition coefficient (Wildman–Crippen LogP) is 0.696. The van der Waals surface area contributed by atoms with E-state index in [0.29, 0.717) is 23.6 Å². The number of methoxy groups -OCH3 is 1. The number of aromatic nitrogens is 5. The molecule has 13 nitrogen and oxygen atoms in total. The van der Waals surface area contributed by atoms with Crippen LogP contribution in [0.1, 0.15) is 41.0 Å². The van der Waals surface area contributed by atoms with Crippen LogP contribution in [0.15, 0.2) is 27.9 Å². The van der Waals surface area contributed by atoms with Gasteiger partial charge in [0.1, 0.15) is 0 Å². The fraction of sp³-hybridized carbons (Fsp3) is 0.368. The van der Waals surface area contributed by atoms with E-state index in [1.165, 1.54) is 24.4 Å². The minimum Gasteiger partial charge on any atom is -0.504 e. The number of para-hydroxylation sites is 1. The average molecular weight is 441 g/mol. The van der Waals surface area contributed by atoms with Gasteiger partial charge in [0.05, 0.1) is 19.0 Å². The lowest BCUT2D eigenvalue weighted by molar-refractivity contribution is 0.0947. The Bertz CT molecular complexity index is 1120. The third-order valence-corrected chi connectivity index (χ3v) is 5.12. The summed E-state index contributed by atoms with van der Waals surface area (Å²) in [5.74, 6) is -0.164. The number of piperidine rings is 1. The van der Waals surface area contributed by atoms with Crippen molar-refractivity contribution in [1.29, 1.82) is 0 Å². The molecule has 1 aromatic carbocycles. The van der Waals surface area contributed by atoms with Crippen LogP contribution < -0.4 is 15.9 Å². The fourth-order valence-corrected chi connectivity index (χ4v) is 3.48. The molecule has 0 unspecified atom stereocenters. The van der Waals surface area contributed by atoms with Gasteiger partial charge in [-0.3, -0.25) is 9.69 Å². The molecule has 3 aromatic rings. The smallest absolute Gasteiger partial charge is 0.293 e. The number of carbonyl (C=O) groups is 1. The van der Waals surface area contributed by atoms with Crippen molar-refractivity contribution < 1.29 is 19.3 Å². The van der Waals surface area contributed by atoms with E-state index in [1.54, 1.807) is 18.2 Å². The highest BCUT2D eigenvalue weighted by Gasteiger charge is 2.26. The predicted molar refractivity (Wildman–Crippen MR) is 112 cm³/mol. The first kappa shape index (κ1) is 21.2. The van der Waals surface area contributed by atoms with Crippen molar-refractivity contribution in [2.75, 3.05) is 25.9 Å². The minimum atomic E-state index is -0.572. The zero-order chi connectivity index (χ0) is 22.5. The van der Waals surface area contributed by atoms with Gasteiger partial charge in [-0.25, -0.2) is 10.1 Å². The fourth-order valence-electron chi connectivity index (χ4n) is 3.48. The number of phenolic OH excluding ortho intramolecular Hbond substituents is 1. The highest BCUT2D eigenvalue weighted by atomic mass is 16.6. The number of aromatic hydroxyl groups is 1. The summed E-state index contributed by atoms with van der Waals surface area (Å²) in [6, 6.07) is 4.94. The van der Waals surface area contributed by atoms with Crippen LogP contribution in [-0.4, -0.2) is 67.6 Å². The Morgan fingerprint density at radius 3 is 2.88 bits per heavy atom. The Balaban J connectivity index is 1.57. The first-order valence-electron chi connectivity index (χ1n) is 10.0. The highest BCUT2D eigenvalue weighted by molar-refractivity contribution is 5.94. The number of ether oxygens (including phenoxy) is 1. The maximum atomic E-state index is 12.8. The van der Waals surface area contributed by atoms with E-state index in [4.69, 9.17) is 10.5 Å². The summed E-state index contributed by atoms with van der Waals surface area (Å²) in [6.45, 7) is 2.21. The van der Waals surface area contributed by atoms with E-state index in [9.17, 15) is 9.90 Å². The van der Waals surface area contributed by atoms with Crippen LogP contribution in [0, 0.1) is 0 Å². The summed E-state index contributed by atoms with van der Waals surface area (Å²) < 4.78 is 11.1. The summed E-state index contributed by atoms with van der Waals surface area (Å²) in [5.41, 5.74) is 9.18. The van der Waals surface area contributed by atoms with Crippen molar-refractivity contribution in [3.63, 3.8) is 0 Å². The second-order valence-corrected chi connectivity index (χ2v) is 7.20. The molecule has 168 valence electrons. The molecule has 4 rings (SSSR count). The van der Waals surface area contributed by atoms with E-state index in [-0.39, 0.29) is 23.1 Å². The summed E-state index contributed by atoms with van der Waals surface area (Å²) >= 11 is 0. The third kappa shape index (κ3) is 4.37. The van der Waals surface area contributed by atoms with Crippen molar-refractivity contribution in [1.82, 2.24) is 35.6 Å². The highest BCUT2D eigenvalue weighted by Crippen LogP contribution is 2.28. The molecule has 0 aliphatic carbocycles. The van der Waals surface area contributed by atoms with Crippen LogP contribution in [0.4, 0.5) is 5.82 Å². The molecule has 0 spiro atoms. The van der Waals surface area contributed by atoms with Gasteiger partial charge in [-0.2, -0.15) is 9.78 Å². The van der Waals surface area contributed by atoms with E-state index in [2.05, 4.69) is 40.7 Å². The molecule has 32 heavy (non-hydrogen) atoms. The molecule has 1 aliphatic rings. The number of rotatable bonds is 7. The standard InChI is InChI=1S/C19H23N9O4/c1-31-14-7-5-6-12(16(14)29)10-21-23-19(30)15-13(11-27-8-3-2-4-9-27)28(26-22-15)18-17(20)24-32-25-18/h5-7,10,29H,2-4,8-9,11H2,1H3,(H2,20,24)(H,23,30)/b21-10-. The Morgan fingerprint density at radius 1 is 1.34 bits per heavy atom. The van der Waals surface area contributed by atoms with Crippen LogP contribution in [0.25, 0.3) is 5.82 Å². The number of hydrogen-bond donors (Lipinski definition) is 3. The van der Waals surface area contributed by atoms with Gasteiger partial charge in [0.2, 0.25) is 11.6 Å². The molecule has 1 fully saturated rings. The van der Waals surface area contributed by atoms with Crippen LogP contribution in [-0.2, 0) is 6.54 Å². The van der Waals surface area contributed by atoms with Gasteiger partial charge < -0.3 is 15.6 Å². The molecular formula is C19H23N9O4. The van der Waals surface area contributed by atoms with Gasteiger partial charge >= 0.3 is 0 Å². The molecule has 3 heterocycles. The first-order valence-corrected chi connectivity index (χ1v) is 10.0. The molecule has 2 aromatic heterocycles. The third-order valence-electron chi connectivity index (χ3n) is 5.12. The summed E-state index contributed by atoms with van der Waals surface area (Å²) in [5, 5.41) is 29.5. The summed E-state index contributed by atoms with van der Waals surface area (Å²) in [6.07, 6.45) is 4.63. The zero-order valence-corrected chi connectivity index (χ0v) is 17.4.